The van der Waals surface area contributed by atoms with E-state index in [0.717, 1.165) is 14.1 Å². The van der Waals surface area contributed by atoms with Gasteiger partial charge in [-0.15, -0.1) is 22.7 Å². The third kappa shape index (κ3) is 4.54. The molecule has 0 spiro atoms. The van der Waals surface area contributed by atoms with E-state index in [-0.39, 0.29) is 12.8 Å². The molecule has 2 aromatic rings. The highest BCUT2D eigenvalue weighted by atomic mass is 33.6. The molecule has 28 heavy (non-hydrogen) atoms. The number of rotatable bonds is 8. The van der Waals surface area contributed by atoms with Gasteiger partial charge in [-0.3, -0.25) is 9.59 Å². The number of allylic oxidation sites excluding steroid dienone is 1. The second kappa shape index (κ2) is 8.71. The molecule has 150 valence electrons. The topological polar surface area (TPSA) is 112 Å². The molecule has 0 bridgehead atoms. The van der Waals surface area contributed by atoms with Gasteiger partial charge in [0.2, 0.25) is 0 Å². The van der Waals surface area contributed by atoms with Crippen LogP contribution in [0.5, 0.6) is 0 Å². The van der Waals surface area contributed by atoms with E-state index < -0.39 is 20.0 Å². The van der Waals surface area contributed by atoms with Gasteiger partial charge in [-0.1, -0.05) is 20.3 Å². The first-order chi connectivity index (χ1) is 13.2. The summed E-state index contributed by atoms with van der Waals surface area (Å²) in [6.07, 6.45) is 1.44. The summed E-state index contributed by atoms with van der Waals surface area (Å²) >= 11 is 8.57. The Morgan fingerprint density at radius 2 is 1.89 bits per heavy atom. The number of hydrogen-bond acceptors (Lipinski definition) is 9. The molecule has 0 amide bonds. The Bertz CT molecular complexity index is 971. The lowest BCUT2D eigenvalue weighted by atomic mass is 10.3. The Morgan fingerprint density at radius 1 is 1.21 bits per heavy atom. The summed E-state index contributed by atoms with van der Waals surface area (Å²) in [4.78, 5) is 32.9. The van der Waals surface area contributed by atoms with Crippen LogP contribution in [0.1, 0.15) is 23.9 Å². The molecule has 3 heterocycles. The quantitative estimate of drug-likeness (QED) is 0.355. The van der Waals surface area contributed by atoms with Gasteiger partial charge in [-0.25, -0.2) is 9.97 Å². The minimum Gasteiger partial charge on any atom is -0.481 e. The van der Waals surface area contributed by atoms with E-state index in [1.54, 1.807) is 6.20 Å². The molecule has 7 nitrogen and oxygen atoms in total. The second-order valence-corrected chi connectivity index (χ2v) is 16.6. The maximum absolute atomic E-state index is 11.2. The monoisotopic (exact) mass is 493 g/mol. The number of thiazole rings is 2. The number of aliphatic carboxylic acids is 2. The number of carboxylic acid groups (broad SMARTS) is 2. The SMILES string of the molecule is CC1=C(CC(=O)O)NC(=S)S1(Sc1nccs1)Sc1nc(CC(=O)O)c(C)s1. The average Bonchev–Trinajstić information content (AvgIpc) is 3.26. The molecule has 0 radical (unpaired) electrons. The molecule has 1 aliphatic rings. The van der Waals surface area contributed by atoms with Crippen molar-refractivity contribution in [3.8, 4) is 0 Å². The predicted octanol–water partition coefficient (Wildman–Crippen LogP) is 4.65. The first kappa shape index (κ1) is 21.6. The van der Waals surface area contributed by atoms with E-state index in [4.69, 9.17) is 17.3 Å². The van der Waals surface area contributed by atoms with Crippen molar-refractivity contribution in [2.75, 3.05) is 0 Å². The van der Waals surface area contributed by atoms with E-state index in [1.165, 1.54) is 44.3 Å². The molecule has 3 N–H and O–H groups in total. The van der Waals surface area contributed by atoms with Crippen LogP contribution in [0.4, 0.5) is 0 Å². The van der Waals surface area contributed by atoms with Crippen molar-refractivity contribution in [3.63, 3.8) is 0 Å². The summed E-state index contributed by atoms with van der Waals surface area (Å²) < 4.78 is 2.12. The van der Waals surface area contributed by atoms with E-state index in [2.05, 4.69) is 15.3 Å². The summed E-state index contributed by atoms with van der Waals surface area (Å²) in [5.74, 6) is -1.86. The maximum atomic E-state index is 11.2. The fourth-order valence-electron chi connectivity index (χ4n) is 2.31. The van der Waals surface area contributed by atoms with Crippen LogP contribution < -0.4 is 5.32 Å². The lowest BCUT2D eigenvalue weighted by Crippen LogP contribution is -2.17. The number of carbonyl (C=O) groups is 2. The minimum absolute atomic E-state index is 0.132. The number of nitrogens with zero attached hydrogens (tertiary/aromatic N) is 2. The van der Waals surface area contributed by atoms with Crippen molar-refractivity contribution in [3.05, 3.63) is 32.8 Å². The average molecular weight is 494 g/mol. The van der Waals surface area contributed by atoms with E-state index in [9.17, 15) is 14.7 Å². The zero-order chi connectivity index (χ0) is 20.5. The summed E-state index contributed by atoms with van der Waals surface area (Å²) in [6, 6.07) is 0. The van der Waals surface area contributed by atoms with Gasteiger partial charge in [0.1, 0.15) is 4.32 Å². The number of aromatic nitrogens is 2. The summed E-state index contributed by atoms with van der Waals surface area (Å²) in [6.45, 7) is 3.74. The van der Waals surface area contributed by atoms with Crippen LogP contribution in [0.25, 0.3) is 0 Å². The first-order valence-corrected chi connectivity index (χ1v) is 14.1. The van der Waals surface area contributed by atoms with Crippen molar-refractivity contribution in [1.29, 1.82) is 0 Å². The highest BCUT2D eigenvalue weighted by molar-refractivity contribution is 9.31. The van der Waals surface area contributed by atoms with Crippen molar-refractivity contribution < 1.29 is 19.8 Å². The van der Waals surface area contributed by atoms with Crippen LogP contribution in [0, 0.1) is 6.92 Å². The third-order valence-electron chi connectivity index (χ3n) is 3.63. The first-order valence-electron chi connectivity index (χ1n) is 7.73. The molecule has 0 fully saturated rings. The number of hydrogen-bond donors (Lipinski definition) is 3. The van der Waals surface area contributed by atoms with Gasteiger partial charge >= 0.3 is 11.9 Å². The lowest BCUT2D eigenvalue weighted by molar-refractivity contribution is -0.137. The van der Waals surface area contributed by atoms with Crippen molar-refractivity contribution in [1.82, 2.24) is 15.3 Å². The molecular formula is C15H15N3O4S6. The molecule has 13 heteroatoms. The Morgan fingerprint density at radius 3 is 2.50 bits per heavy atom. The smallest absolute Gasteiger partial charge is 0.309 e. The highest BCUT2D eigenvalue weighted by Gasteiger charge is 2.43. The Balaban J connectivity index is 2.00. The fraction of sp³-hybridized carbons (Fsp3) is 0.267. The van der Waals surface area contributed by atoms with Gasteiger partial charge in [-0.05, 0) is 35.4 Å². The van der Waals surface area contributed by atoms with E-state index >= 15 is 0 Å². The standard InChI is InChI=1S/C15H15N3O4S6/c1-7-9(5-11(19)20)18-15(25-7)27-28(26-14-16-3-4-24-14)8(2)10(6-12(21)22)17-13(28)23/h3-4H,5-6H2,1-2H3,(H,17,23)(H,19,20)(H,21,22). The molecule has 1 atom stereocenters. The molecule has 1 aliphatic heterocycles. The van der Waals surface area contributed by atoms with E-state index in [1.807, 2.05) is 19.2 Å². The van der Waals surface area contributed by atoms with Crippen molar-refractivity contribution in [2.24, 2.45) is 0 Å². The van der Waals surface area contributed by atoms with Crippen LogP contribution in [-0.4, -0.2) is 36.4 Å². The number of thiocarbonyl (C=S) groups is 1. The van der Waals surface area contributed by atoms with Gasteiger partial charge in [0.25, 0.3) is 0 Å². The Hall–Kier alpha value is -1.12. The molecule has 2 aromatic heterocycles. The van der Waals surface area contributed by atoms with Crippen molar-refractivity contribution >= 4 is 80.8 Å². The van der Waals surface area contributed by atoms with Crippen LogP contribution in [-0.2, 0) is 16.0 Å². The molecule has 0 saturated carbocycles. The van der Waals surface area contributed by atoms with Crippen LogP contribution in [0.15, 0.2) is 30.9 Å². The normalized spacial score (nSPS) is 21.4. The maximum Gasteiger partial charge on any atom is 0.309 e. The third-order valence-corrected chi connectivity index (χ3v) is 16.8. The van der Waals surface area contributed by atoms with Crippen molar-refractivity contribution in [2.45, 2.75) is 35.4 Å². The molecule has 1 unspecified atom stereocenters. The highest BCUT2D eigenvalue weighted by Crippen LogP contribution is 2.81. The number of nitrogens with one attached hydrogen (secondary N) is 1. The van der Waals surface area contributed by atoms with Gasteiger partial charge in [0.05, 0.1) is 18.5 Å². The largest absolute Gasteiger partial charge is 0.481 e. The number of carboxylic acids is 2. The zero-order valence-corrected chi connectivity index (χ0v) is 19.5. The summed E-state index contributed by atoms with van der Waals surface area (Å²) in [5, 5.41) is 23.3. The Kier molecular flexibility index (Phi) is 6.72. The van der Waals surface area contributed by atoms with Gasteiger partial charge in [-0.2, -0.15) is 0 Å². The van der Waals surface area contributed by atoms with Gasteiger partial charge in [0, 0.05) is 27.1 Å². The number of aryl methyl sites for hydroxylation is 1. The summed E-state index contributed by atoms with van der Waals surface area (Å²) in [7, 11) is 1.10. The second-order valence-electron chi connectivity index (χ2n) is 5.54. The van der Waals surface area contributed by atoms with Gasteiger partial charge < -0.3 is 15.5 Å². The van der Waals surface area contributed by atoms with Crippen LogP contribution >= 0.6 is 64.6 Å². The predicted molar refractivity (Wildman–Crippen MR) is 120 cm³/mol. The van der Waals surface area contributed by atoms with Crippen LogP contribution in [0.2, 0.25) is 0 Å². The lowest BCUT2D eigenvalue weighted by Gasteiger charge is -2.32. The molecule has 0 saturated heterocycles. The van der Waals surface area contributed by atoms with Gasteiger partial charge in [0.15, 0.2) is 8.68 Å². The molecule has 0 aliphatic carbocycles. The minimum atomic E-state index is -1.90. The molecule has 3 rings (SSSR count). The van der Waals surface area contributed by atoms with E-state index in [0.29, 0.717) is 20.1 Å². The fourth-order valence-corrected chi connectivity index (χ4v) is 15.7. The van der Waals surface area contributed by atoms with Crippen LogP contribution in [0.3, 0.4) is 0 Å². The molecular weight excluding hydrogens is 479 g/mol. The summed E-state index contributed by atoms with van der Waals surface area (Å²) in [5.41, 5.74) is 1.14. The molecule has 0 aromatic carbocycles. The zero-order valence-electron chi connectivity index (χ0n) is 14.6. The Labute approximate surface area is 183 Å².